The van der Waals surface area contributed by atoms with Crippen LogP contribution in [-0.2, 0) is 19.4 Å². The summed E-state index contributed by atoms with van der Waals surface area (Å²) in [4.78, 5) is 5.90. The summed E-state index contributed by atoms with van der Waals surface area (Å²) in [7, 11) is 0. The first-order valence-electron chi connectivity index (χ1n) is 9.85. The summed E-state index contributed by atoms with van der Waals surface area (Å²) in [5.74, 6) is 0. The zero-order valence-electron chi connectivity index (χ0n) is 16.4. The Hall–Kier alpha value is -2.62. The van der Waals surface area contributed by atoms with Gasteiger partial charge in [-0.05, 0) is 53.8 Å². The molecule has 29 heavy (non-hydrogen) atoms. The molecule has 3 aromatic carbocycles. The predicted octanol–water partition coefficient (Wildman–Crippen LogP) is 6.91. The Balaban J connectivity index is 1.74. The summed E-state index contributed by atoms with van der Waals surface area (Å²) in [6, 6.07) is 27.1. The minimum Gasteiger partial charge on any atom is -0.316 e. The van der Waals surface area contributed by atoms with E-state index in [4.69, 9.17) is 16.6 Å². The van der Waals surface area contributed by atoms with Crippen LogP contribution in [0.2, 0.25) is 5.02 Å². The van der Waals surface area contributed by atoms with E-state index in [2.05, 4.69) is 71.5 Å². The third kappa shape index (κ3) is 4.87. The van der Waals surface area contributed by atoms with Gasteiger partial charge in [0.25, 0.3) is 0 Å². The van der Waals surface area contributed by atoms with Gasteiger partial charge in [0, 0.05) is 16.9 Å². The molecule has 0 fully saturated rings. The molecule has 4 aromatic rings. The van der Waals surface area contributed by atoms with Crippen LogP contribution in [0.1, 0.15) is 18.1 Å². The molecule has 0 aliphatic rings. The largest absolute Gasteiger partial charge is 0.316 e. The molecule has 0 N–H and O–H groups in total. The Bertz CT molecular complexity index is 1120. The lowest BCUT2D eigenvalue weighted by Gasteiger charge is -2.10. The minimum absolute atomic E-state index is 0.726. The number of nitrogens with zero attached hydrogens (tertiary/aromatic N) is 2. The topological polar surface area (TPSA) is 17.3 Å². The predicted molar refractivity (Wildman–Crippen MR) is 124 cm³/mol. The molecule has 146 valence electrons. The molecule has 0 unspecified atom stereocenters. The van der Waals surface area contributed by atoms with E-state index in [1.807, 2.05) is 24.3 Å². The van der Waals surface area contributed by atoms with Crippen molar-refractivity contribution < 1.29 is 0 Å². The summed E-state index contributed by atoms with van der Waals surface area (Å²) in [6.45, 7) is 3.06. The van der Waals surface area contributed by atoms with Gasteiger partial charge in [-0.25, -0.2) is 4.99 Å². The van der Waals surface area contributed by atoms with Crippen LogP contribution >= 0.6 is 22.9 Å². The fraction of sp³-hybridized carbons (Fsp3) is 0.160. The van der Waals surface area contributed by atoms with E-state index in [-0.39, 0.29) is 0 Å². The van der Waals surface area contributed by atoms with Crippen molar-refractivity contribution in [2.24, 2.45) is 4.99 Å². The fourth-order valence-corrected chi connectivity index (χ4v) is 4.37. The van der Waals surface area contributed by atoms with Crippen molar-refractivity contribution in [3.63, 3.8) is 0 Å². The maximum absolute atomic E-state index is 6.03. The van der Waals surface area contributed by atoms with E-state index >= 15 is 0 Å². The average molecular weight is 419 g/mol. The highest BCUT2D eigenvalue weighted by molar-refractivity contribution is 7.07. The molecular formula is C25H23ClN2S. The Labute approximate surface area is 180 Å². The number of hydrogen-bond acceptors (Lipinski definition) is 2. The maximum Gasteiger partial charge on any atom is 0.190 e. The summed E-state index contributed by atoms with van der Waals surface area (Å²) >= 11 is 7.71. The second kappa shape index (κ2) is 9.25. The second-order valence-electron chi connectivity index (χ2n) is 6.93. The van der Waals surface area contributed by atoms with Gasteiger partial charge in [0.2, 0.25) is 0 Å². The van der Waals surface area contributed by atoms with E-state index in [0.29, 0.717) is 0 Å². The van der Waals surface area contributed by atoms with E-state index in [0.717, 1.165) is 34.9 Å². The zero-order chi connectivity index (χ0) is 20.1. The van der Waals surface area contributed by atoms with Gasteiger partial charge in [0.1, 0.15) is 0 Å². The van der Waals surface area contributed by atoms with E-state index in [1.54, 1.807) is 11.3 Å². The number of aryl methyl sites for hydroxylation is 2. The smallest absolute Gasteiger partial charge is 0.190 e. The zero-order valence-corrected chi connectivity index (χ0v) is 18.0. The lowest BCUT2D eigenvalue weighted by Crippen LogP contribution is -2.17. The first-order valence-corrected chi connectivity index (χ1v) is 11.1. The van der Waals surface area contributed by atoms with E-state index in [9.17, 15) is 0 Å². The van der Waals surface area contributed by atoms with Crippen LogP contribution in [0.25, 0.3) is 11.3 Å². The van der Waals surface area contributed by atoms with Crippen molar-refractivity contribution in [1.29, 1.82) is 0 Å². The highest BCUT2D eigenvalue weighted by Gasteiger charge is 2.09. The molecular weight excluding hydrogens is 396 g/mol. The first kappa shape index (κ1) is 19.7. The Morgan fingerprint density at radius 2 is 1.59 bits per heavy atom. The Morgan fingerprint density at radius 3 is 2.28 bits per heavy atom. The lowest BCUT2D eigenvalue weighted by molar-refractivity contribution is 0.684. The fourth-order valence-electron chi connectivity index (χ4n) is 3.29. The molecule has 0 bridgehead atoms. The van der Waals surface area contributed by atoms with Crippen LogP contribution in [0.3, 0.4) is 0 Å². The van der Waals surface area contributed by atoms with Crippen LogP contribution in [-0.4, -0.2) is 4.57 Å². The van der Waals surface area contributed by atoms with Crippen LogP contribution < -0.4 is 4.80 Å². The molecule has 0 saturated carbocycles. The number of aromatic nitrogens is 1. The van der Waals surface area contributed by atoms with Gasteiger partial charge >= 0.3 is 0 Å². The molecule has 0 atom stereocenters. The van der Waals surface area contributed by atoms with Gasteiger partial charge in [-0.15, -0.1) is 11.3 Å². The summed E-state index contributed by atoms with van der Waals surface area (Å²) in [6.07, 6.45) is 2.01. The second-order valence-corrected chi connectivity index (χ2v) is 8.20. The van der Waals surface area contributed by atoms with Crippen molar-refractivity contribution in [3.8, 4) is 11.3 Å². The highest BCUT2D eigenvalue weighted by Crippen LogP contribution is 2.23. The summed E-state index contributed by atoms with van der Waals surface area (Å²) < 4.78 is 2.33. The number of halogens is 1. The number of thiazole rings is 1. The maximum atomic E-state index is 6.03. The third-order valence-corrected chi connectivity index (χ3v) is 6.09. The summed E-state index contributed by atoms with van der Waals surface area (Å²) in [5.41, 5.74) is 6.03. The van der Waals surface area contributed by atoms with Crippen LogP contribution in [0.5, 0.6) is 0 Å². The highest BCUT2D eigenvalue weighted by atomic mass is 35.5. The van der Waals surface area contributed by atoms with E-state index in [1.165, 1.54) is 22.4 Å². The number of hydrogen-bond donors (Lipinski definition) is 0. The minimum atomic E-state index is 0.726. The van der Waals surface area contributed by atoms with Crippen molar-refractivity contribution in [2.45, 2.75) is 26.3 Å². The monoisotopic (exact) mass is 418 g/mol. The molecule has 4 heteroatoms. The molecule has 2 nitrogen and oxygen atoms in total. The first-order chi connectivity index (χ1) is 14.2. The van der Waals surface area contributed by atoms with Crippen LogP contribution in [0.4, 0.5) is 5.69 Å². The number of rotatable bonds is 6. The van der Waals surface area contributed by atoms with Gasteiger partial charge in [-0.1, -0.05) is 73.1 Å². The normalized spacial score (nSPS) is 11.7. The van der Waals surface area contributed by atoms with Crippen LogP contribution in [0, 0.1) is 0 Å². The van der Waals surface area contributed by atoms with Gasteiger partial charge in [-0.3, -0.25) is 0 Å². The molecule has 1 aromatic heterocycles. The standard InChI is InChI=1S/C25H23ClN2S/c1-2-19-8-10-21(11-9-19)24-18-29-25(27-23-14-12-22(26)13-15-23)28(24)17-16-20-6-4-3-5-7-20/h3-15,18H,2,16-17H2,1H3. The quantitative estimate of drug-likeness (QED) is 0.323. The SMILES string of the molecule is CCc1ccc(-c2csc(=Nc3ccc(Cl)cc3)n2CCc2ccccc2)cc1. The molecule has 0 spiro atoms. The Kier molecular flexibility index (Phi) is 6.28. The molecule has 0 radical (unpaired) electrons. The Morgan fingerprint density at radius 1 is 0.862 bits per heavy atom. The molecule has 0 aliphatic heterocycles. The van der Waals surface area contributed by atoms with Crippen molar-refractivity contribution >= 4 is 28.6 Å². The molecule has 0 saturated heterocycles. The van der Waals surface area contributed by atoms with Crippen LogP contribution in [0.15, 0.2) is 89.2 Å². The molecule has 4 rings (SSSR count). The van der Waals surface area contributed by atoms with Gasteiger partial charge in [-0.2, -0.15) is 0 Å². The van der Waals surface area contributed by atoms with Gasteiger partial charge in [0.05, 0.1) is 11.4 Å². The number of benzene rings is 3. The van der Waals surface area contributed by atoms with Gasteiger partial charge < -0.3 is 4.57 Å². The molecule has 0 aliphatic carbocycles. The van der Waals surface area contributed by atoms with Crippen molar-refractivity contribution in [1.82, 2.24) is 4.57 Å². The molecule has 1 heterocycles. The molecule has 0 amide bonds. The van der Waals surface area contributed by atoms with Crippen molar-refractivity contribution in [2.75, 3.05) is 0 Å². The van der Waals surface area contributed by atoms with Crippen molar-refractivity contribution in [3.05, 3.63) is 105 Å². The summed E-state index contributed by atoms with van der Waals surface area (Å²) in [5, 5.41) is 2.93. The van der Waals surface area contributed by atoms with E-state index < -0.39 is 0 Å². The lowest BCUT2D eigenvalue weighted by atomic mass is 10.1. The average Bonchev–Trinajstić information content (AvgIpc) is 3.17. The third-order valence-electron chi connectivity index (χ3n) is 4.97. The van der Waals surface area contributed by atoms with Gasteiger partial charge in [0.15, 0.2) is 4.80 Å².